The number of rotatable bonds is 6. The molecule has 0 radical (unpaired) electrons. The summed E-state index contributed by atoms with van der Waals surface area (Å²) in [7, 11) is -3.53. The first-order chi connectivity index (χ1) is 13.4. The highest BCUT2D eigenvalue weighted by Crippen LogP contribution is 2.21. The minimum absolute atomic E-state index is 0.0186. The van der Waals surface area contributed by atoms with Crippen LogP contribution in [-0.4, -0.2) is 20.4 Å². The number of carbonyl (C=O) groups is 1. The monoisotopic (exact) mass is 398 g/mol. The van der Waals surface area contributed by atoms with E-state index in [9.17, 15) is 13.2 Å². The molecule has 0 spiro atoms. The zero-order valence-corrected chi connectivity index (χ0v) is 16.8. The second kappa shape index (κ2) is 9.17. The summed E-state index contributed by atoms with van der Waals surface area (Å²) in [5.41, 5.74) is 2.65. The molecule has 2 N–H and O–H groups in total. The third-order valence-electron chi connectivity index (χ3n) is 4.86. The Bertz CT molecular complexity index is 927. The van der Waals surface area contributed by atoms with Crippen molar-refractivity contribution in [2.75, 3.05) is 5.32 Å². The molecule has 1 amide bonds. The van der Waals surface area contributed by atoms with E-state index in [1.807, 2.05) is 31.2 Å². The van der Waals surface area contributed by atoms with E-state index in [2.05, 4.69) is 10.0 Å². The summed E-state index contributed by atoms with van der Waals surface area (Å²) in [6.45, 7) is 2.01. The van der Waals surface area contributed by atoms with Crippen LogP contribution in [0.3, 0.4) is 0 Å². The average molecular weight is 399 g/mol. The summed E-state index contributed by atoms with van der Waals surface area (Å²) in [5, 5.41) is 2.74. The highest BCUT2D eigenvalue weighted by molar-refractivity contribution is 7.89. The Hall–Kier alpha value is -2.44. The molecule has 148 valence electrons. The lowest BCUT2D eigenvalue weighted by Gasteiger charge is -2.22. The quantitative estimate of drug-likeness (QED) is 0.714. The predicted molar refractivity (Wildman–Crippen MR) is 112 cm³/mol. The van der Waals surface area contributed by atoms with Gasteiger partial charge in [-0.25, -0.2) is 13.1 Å². The Balaban J connectivity index is 1.58. The number of hydrogen-bond donors (Lipinski definition) is 2. The Kier molecular flexibility index (Phi) is 6.65. The van der Waals surface area contributed by atoms with Crippen molar-refractivity contribution in [2.45, 2.75) is 50.0 Å². The summed E-state index contributed by atoms with van der Waals surface area (Å²) in [6.07, 6.45) is 8.27. The fourth-order valence-corrected chi connectivity index (χ4v) is 4.56. The van der Waals surface area contributed by atoms with E-state index in [1.54, 1.807) is 18.2 Å². The van der Waals surface area contributed by atoms with E-state index in [4.69, 9.17) is 0 Å². The molecule has 0 atom stereocenters. The second-order valence-corrected chi connectivity index (χ2v) is 8.93. The van der Waals surface area contributed by atoms with Gasteiger partial charge in [0.25, 0.3) is 0 Å². The van der Waals surface area contributed by atoms with E-state index < -0.39 is 10.0 Å². The molecule has 28 heavy (non-hydrogen) atoms. The maximum Gasteiger partial charge on any atom is 0.248 e. The van der Waals surface area contributed by atoms with Crippen LogP contribution in [0.5, 0.6) is 0 Å². The van der Waals surface area contributed by atoms with E-state index >= 15 is 0 Å². The zero-order chi connectivity index (χ0) is 20.0. The van der Waals surface area contributed by atoms with Crippen molar-refractivity contribution in [1.29, 1.82) is 0 Å². The lowest BCUT2D eigenvalue weighted by atomic mass is 9.96. The van der Waals surface area contributed by atoms with Gasteiger partial charge in [-0.1, -0.05) is 49.1 Å². The number of sulfonamides is 1. The van der Waals surface area contributed by atoms with Gasteiger partial charge in [0.05, 0.1) is 4.90 Å². The van der Waals surface area contributed by atoms with E-state index in [0.29, 0.717) is 5.69 Å². The third kappa shape index (κ3) is 5.78. The molecule has 0 aromatic heterocycles. The van der Waals surface area contributed by atoms with Gasteiger partial charge in [0.15, 0.2) is 0 Å². The fourth-order valence-electron chi connectivity index (χ4n) is 3.26. The number of hydrogen-bond acceptors (Lipinski definition) is 3. The van der Waals surface area contributed by atoms with Crippen molar-refractivity contribution in [2.24, 2.45) is 0 Å². The normalized spacial score (nSPS) is 15.6. The number of anilines is 1. The van der Waals surface area contributed by atoms with E-state index in [1.165, 1.54) is 24.6 Å². The van der Waals surface area contributed by atoms with Gasteiger partial charge in [-0.2, -0.15) is 0 Å². The zero-order valence-electron chi connectivity index (χ0n) is 16.0. The lowest BCUT2D eigenvalue weighted by Crippen LogP contribution is -2.36. The van der Waals surface area contributed by atoms with Gasteiger partial charge < -0.3 is 5.32 Å². The van der Waals surface area contributed by atoms with Crippen molar-refractivity contribution < 1.29 is 13.2 Å². The average Bonchev–Trinajstić information content (AvgIpc) is 2.68. The van der Waals surface area contributed by atoms with Crippen molar-refractivity contribution in [3.8, 4) is 0 Å². The van der Waals surface area contributed by atoms with Crippen LogP contribution in [0.1, 0.15) is 43.2 Å². The maximum absolute atomic E-state index is 12.5. The molecule has 2 aromatic carbocycles. The topological polar surface area (TPSA) is 75.3 Å². The maximum atomic E-state index is 12.5. The standard InChI is InChI=1S/C22H26N2O3S/c1-17-7-9-18(10-8-17)11-16-22(25)23-19-12-14-21(15-13-19)28(26,27)24-20-5-3-2-4-6-20/h7-16,20,24H,2-6H2,1H3,(H,23,25)/b16-11+. The minimum atomic E-state index is -3.53. The van der Waals surface area contributed by atoms with Crippen LogP contribution >= 0.6 is 0 Å². The first kappa shape index (κ1) is 20.3. The molecule has 1 fully saturated rings. The largest absolute Gasteiger partial charge is 0.323 e. The van der Waals surface area contributed by atoms with Crippen LogP contribution in [0.4, 0.5) is 5.69 Å². The van der Waals surface area contributed by atoms with Crippen molar-refractivity contribution in [1.82, 2.24) is 4.72 Å². The Morgan fingerprint density at radius 1 is 0.964 bits per heavy atom. The molecule has 1 aliphatic rings. The molecule has 3 rings (SSSR count). The van der Waals surface area contributed by atoms with Gasteiger partial charge in [-0.3, -0.25) is 4.79 Å². The van der Waals surface area contributed by atoms with Crippen LogP contribution in [0.2, 0.25) is 0 Å². The molecule has 6 heteroatoms. The van der Waals surface area contributed by atoms with E-state index in [-0.39, 0.29) is 16.8 Å². The first-order valence-electron chi connectivity index (χ1n) is 9.60. The van der Waals surface area contributed by atoms with Gasteiger partial charge in [0, 0.05) is 17.8 Å². The summed E-state index contributed by atoms with van der Waals surface area (Å²) in [5.74, 6) is -0.267. The minimum Gasteiger partial charge on any atom is -0.323 e. The Labute approximate surface area is 166 Å². The molecule has 1 saturated carbocycles. The molecule has 5 nitrogen and oxygen atoms in total. The Morgan fingerprint density at radius 3 is 2.25 bits per heavy atom. The van der Waals surface area contributed by atoms with Crippen LogP contribution in [0.25, 0.3) is 6.08 Å². The van der Waals surface area contributed by atoms with Gasteiger partial charge in [0.1, 0.15) is 0 Å². The summed E-state index contributed by atoms with van der Waals surface area (Å²) < 4.78 is 27.8. The van der Waals surface area contributed by atoms with Crippen molar-refractivity contribution >= 4 is 27.7 Å². The Morgan fingerprint density at radius 2 is 1.61 bits per heavy atom. The van der Waals surface area contributed by atoms with Gasteiger partial charge in [0.2, 0.25) is 15.9 Å². The highest BCUT2D eigenvalue weighted by Gasteiger charge is 2.21. The molecule has 2 aromatic rings. The van der Waals surface area contributed by atoms with Gasteiger partial charge in [-0.15, -0.1) is 0 Å². The number of benzene rings is 2. The second-order valence-electron chi connectivity index (χ2n) is 7.21. The SMILES string of the molecule is Cc1ccc(/C=C/C(=O)Nc2ccc(S(=O)(=O)NC3CCCCC3)cc2)cc1. The fraction of sp³-hybridized carbons (Fsp3) is 0.318. The molecule has 1 aliphatic carbocycles. The van der Waals surface area contributed by atoms with Crippen LogP contribution < -0.4 is 10.0 Å². The lowest BCUT2D eigenvalue weighted by molar-refractivity contribution is -0.111. The molecule has 0 heterocycles. The van der Waals surface area contributed by atoms with Crippen molar-refractivity contribution in [3.63, 3.8) is 0 Å². The molecular formula is C22H26N2O3S. The summed E-state index contributed by atoms with van der Waals surface area (Å²) in [4.78, 5) is 12.3. The van der Waals surface area contributed by atoms with Gasteiger partial charge >= 0.3 is 0 Å². The molecule has 0 saturated heterocycles. The van der Waals surface area contributed by atoms with Crippen LogP contribution in [0.15, 0.2) is 59.5 Å². The number of aryl methyl sites for hydroxylation is 1. The van der Waals surface area contributed by atoms with Crippen LogP contribution in [-0.2, 0) is 14.8 Å². The van der Waals surface area contributed by atoms with Crippen LogP contribution in [0, 0.1) is 6.92 Å². The highest BCUT2D eigenvalue weighted by atomic mass is 32.2. The van der Waals surface area contributed by atoms with Gasteiger partial charge in [-0.05, 0) is 55.7 Å². The number of nitrogens with one attached hydrogen (secondary N) is 2. The van der Waals surface area contributed by atoms with Crippen molar-refractivity contribution in [3.05, 3.63) is 65.7 Å². The predicted octanol–water partition coefficient (Wildman–Crippen LogP) is 4.26. The number of amides is 1. The van der Waals surface area contributed by atoms with E-state index in [0.717, 1.165) is 36.8 Å². The third-order valence-corrected chi connectivity index (χ3v) is 6.40. The number of carbonyl (C=O) groups excluding carboxylic acids is 1. The summed E-state index contributed by atoms with van der Waals surface area (Å²) >= 11 is 0. The molecule has 0 unspecified atom stereocenters. The molecule has 0 aliphatic heterocycles. The molecular weight excluding hydrogens is 372 g/mol. The smallest absolute Gasteiger partial charge is 0.248 e. The first-order valence-corrected chi connectivity index (χ1v) is 11.1. The summed E-state index contributed by atoms with van der Waals surface area (Å²) in [6, 6.07) is 14.1. The molecule has 0 bridgehead atoms.